The van der Waals surface area contributed by atoms with E-state index in [4.69, 9.17) is 15.2 Å². The Balaban J connectivity index is 1.65. The van der Waals surface area contributed by atoms with Crippen LogP contribution >= 0.6 is 11.8 Å². The zero-order chi connectivity index (χ0) is 22.1. The summed E-state index contributed by atoms with van der Waals surface area (Å²) in [6.07, 6.45) is 3.77. The maximum atomic E-state index is 9.85. The summed E-state index contributed by atoms with van der Waals surface area (Å²) in [5.74, 6) is 1.53. The van der Waals surface area contributed by atoms with E-state index in [9.17, 15) is 5.26 Å². The number of fused-ring (bicyclic) bond motifs is 1. The highest BCUT2D eigenvalue weighted by Crippen LogP contribution is 2.38. The second-order valence-electron chi connectivity index (χ2n) is 7.20. The number of nitrogen functional groups attached to an aromatic ring is 1. The summed E-state index contributed by atoms with van der Waals surface area (Å²) in [6, 6.07) is 19.9. The molecule has 0 atom stereocenters. The van der Waals surface area contributed by atoms with Gasteiger partial charge in [-0.2, -0.15) is 5.26 Å². The Morgan fingerprint density at radius 2 is 1.94 bits per heavy atom. The predicted molar refractivity (Wildman–Crippen MR) is 123 cm³/mol. The number of anilines is 1. The molecule has 158 valence electrons. The molecule has 8 heteroatoms. The van der Waals surface area contributed by atoms with E-state index in [1.165, 1.54) is 0 Å². The summed E-state index contributed by atoms with van der Waals surface area (Å²) in [5, 5.41) is 10.7. The van der Waals surface area contributed by atoms with Crippen molar-refractivity contribution < 1.29 is 9.47 Å². The Morgan fingerprint density at radius 1 is 1.12 bits per heavy atom. The van der Waals surface area contributed by atoms with Gasteiger partial charge in [-0.1, -0.05) is 42.1 Å². The highest BCUT2D eigenvalue weighted by molar-refractivity contribution is 7.98. The molecule has 0 aliphatic carbocycles. The third kappa shape index (κ3) is 3.53. The molecular weight excluding hydrogens is 422 g/mol. The van der Waals surface area contributed by atoms with Gasteiger partial charge in [-0.15, -0.1) is 0 Å². The number of hydrogen-bond donors (Lipinski definition) is 1. The number of nitriles is 1. The van der Waals surface area contributed by atoms with E-state index < -0.39 is 0 Å². The molecule has 2 aromatic carbocycles. The van der Waals surface area contributed by atoms with Crippen molar-refractivity contribution >= 4 is 17.6 Å². The monoisotopic (exact) mass is 441 g/mol. The third-order valence-electron chi connectivity index (χ3n) is 5.29. The average Bonchev–Trinajstić information content (AvgIpc) is 3.45. The maximum Gasteiger partial charge on any atom is 0.231 e. The lowest BCUT2D eigenvalue weighted by atomic mass is 10.0. The Morgan fingerprint density at radius 3 is 2.72 bits per heavy atom. The molecule has 1 aliphatic heterocycles. The van der Waals surface area contributed by atoms with Gasteiger partial charge in [0.15, 0.2) is 16.7 Å². The van der Waals surface area contributed by atoms with Crippen LogP contribution in [-0.2, 0) is 6.54 Å². The van der Waals surface area contributed by atoms with Gasteiger partial charge in [0, 0.05) is 11.1 Å². The minimum absolute atomic E-state index is 0.177. The molecular formula is C24H19N5O2S. The van der Waals surface area contributed by atoms with Crippen LogP contribution in [0.5, 0.6) is 11.5 Å². The van der Waals surface area contributed by atoms with E-state index in [1.807, 2.05) is 48.7 Å². The van der Waals surface area contributed by atoms with E-state index >= 15 is 0 Å². The standard InChI is InChI=1S/C24H19N5O2S/c1-32-24-27-12-20(29(24)13-15-5-3-2-4-6-15)17-10-19(28-23(26)18(17)11-25)16-7-8-21-22(9-16)31-14-30-21/h2-10,12H,13-14H2,1H3,(H2,26,28). The van der Waals surface area contributed by atoms with Crippen LogP contribution in [0.4, 0.5) is 5.82 Å². The van der Waals surface area contributed by atoms with Crippen molar-refractivity contribution in [2.45, 2.75) is 11.7 Å². The van der Waals surface area contributed by atoms with E-state index in [0.717, 1.165) is 22.0 Å². The Hall–Kier alpha value is -3.96. The van der Waals surface area contributed by atoms with E-state index in [0.29, 0.717) is 34.9 Å². The molecule has 1 aliphatic rings. The highest BCUT2D eigenvalue weighted by Gasteiger charge is 2.20. The second kappa shape index (κ2) is 8.29. The van der Waals surface area contributed by atoms with Crippen molar-refractivity contribution in [1.82, 2.24) is 14.5 Å². The average molecular weight is 442 g/mol. The lowest BCUT2D eigenvalue weighted by Crippen LogP contribution is -2.06. The topological polar surface area (TPSA) is 99.0 Å². The van der Waals surface area contributed by atoms with Crippen LogP contribution in [0.25, 0.3) is 22.5 Å². The molecule has 7 nitrogen and oxygen atoms in total. The smallest absolute Gasteiger partial charge is 0.231 e. The first kappa shape index (κ1) is 20.0. The fraction of sp³-hybridized carbons (Fsp3) is 0.125. The molecule has 0 saturated heterocycles. The molecule has 3 heterocycles. The van der Waals surface area contributed by atoms with Gasteiger partial charge in [-0.25, -0.2) is 9.97 Å². The van der Waals surface area contributed by atoms with Crippen molar-refractivity contribution in [3.8, 4) is 40.1 Å². The Kier molecular flexibility index (Phi) is 5.17. The minimum Gasteiger partial charge on any atom is -0.454 e. The zero-order valence-electron chi connectivity index (χ0n) is 17.3. The lowest BCUT2D eigenvalue weighted by Gasteiger charge is -2.14. The number of hydrogen-bond acceptors (Lipinski definition) is 7. The number of benzene rings is 2. The quantitative estimate of drug-likeness (QED) is 0.453. The minimum atomic E-state index is 0.177. The van der Waals surface area contributed by atoms with Gasteiger partial charge in [0.25, 0.3) is 0 Å². The molecule has 0 spiro atoms. The summed E-state index contributed by atoms with van der Waals surface area (Å²) < 4.78 is 13.0. The summed E-state index contributed by atoms with van der Waals surface area (Å²) in [5.41, 5.74) is 10.7. The van der Waals surface area contributed by atoms with Crippen molar-refractivity contribution in [1.29, 1.82) is 5.26 Å². The largest absolute Gasteiger partial charge is 0.454 e. The summed E-state index contributed by atoms with van der Waals surface area (Å²) in [4.78, 5) is 9.07. The van der Waals surface area contributed by atoms with Gasteiger partial charge in [-0.05, 0) is 36.1 Å². The van der Waals surface area contributed by atoms with Crippen molar-refractivity contribution in [3.05, 3.63) is 71.9 Å². The number of aromatic nitrogens is 3. The molecule has 0 bridgehead atoms. The molecule has 32 heavy (non-hydrogen) atoms. The molecule has 0 amide bonds. The zero-order valence-corrected chi connectivity index (χ0v) is 18.1. The fourth-order valence-electron chi connectivity index (χ4n) is 3.74. The summed E-state index contributed by atoms with van der Waals surface area (Å²) in [6.45, 7) is 0.821. The highest BCUT2D eigenvalue weighted by atomic mass is 32.2. The number of ether oxygens (including phenoxy) is 2. The molecule has 0 radical (unpaired) electrons. The van der Waals surface area contributed by atoms with Crippen LogP contribution in [0, 0.1) is 11.3 Å². The number of thioether (sulfide) groups is 1. The molecule has 2 aromatic heterocycles. The summed E-state index contributed by atoms with van der Waals surface area (Å²) in [7, 11) is 0. The van der Waals surface area contributed by atoms with Gasteiger partial charge in [0.2, 0.25) is 6.79 Å². The SMILES string of the molecule is CSc1ncc(-c2cc(-c3ccc4c(c3)OCO4)nc(N)c2C#N)n1Cc1ccccc1. The first-order valence-corrected chi connectivity index (χ1v) is 11.1. The van der Waals surface area contributed by atoms with Gasteiger partial charge >= 0.3 is 0 Å². The predicted octanol–water partition coefficient (Wildman–Crippen LogP) is 4.56. The lowest BCUT2D eigenvalue weighted by molar-refractivity contribution is 0.174. The van der Waals surface area contributed by atoms with Crippen LogP contribution in [0.1, 0.15) is 11.1 Å². The third-order valence-corrected chi connectivity index (χ3v) is 5.98. The number of rotatable bonds is 5. The molecule has 0 saturated carbocycles. The van der Waals surface area contributed by atoms with Crippen LogP contribution in [0.2, 0.25) is 0 Å². The maximum absolute atomic E-state index is 9.85. The molecule has 0 fully saturated rings. The normalized spacial score (nSPS) is 12.0. The van der Waals surface area contributed by atoms with E-state index in [-0.39, 0.29) is 12.6 Å². The Bertz CT molecular complexity index is 1340. The van der Waals surface area contributed by atoms with Crippen LogP contribution in [-0.4, -0.2) is 27.6 Å². The van der Waals surface area contributed by atoms with Gasteiger partial charge in [-0.3, -0.25) is 0 Å². The molecule has 4 aromatic rings. The van der Waals surface area contributed by atoms with Crippen molar-refractivity contribution in [3.63, 3.8) is 0 Å². The van der Waals surface area contributed by atoms with Crippen LogP contribution in [0.3, 0.4) is 0 Å². The van der Waals surface area contributed by atoms with Crippen LogP contribution < -0.4 is 15.2 Å². The van der Waals surface area contributed by atoms with Gasteiger partial charge in [0.1, 0.15) is 17.5 Å². The van der Waals surface area contributed by atoms with Crippen molar-refractivity contribution in [2.75, 3.05) is 18.8 Å². The van der Waals surface area contributed by atoms with Crippen molar-refractivity contribution in [2.24, 2.45) is 0 Å². The number of nitrogens with two attached hydrogens (primary N) is 1. The number of imidazole rings is 1. The second-order valence-corrected chi connectivity index (χ2v) is 7.97. The van der Waals surface area contributed by atoms with Gasteiger partial charge < -0.3 is 19.8 Å². The molecule has 0 unspecified atom stereocenters. The van der Waals surface area contributed by atoms with E-state index in [1.54, 1.807) is 18.0 Å². The Labute approximate surface area is 189 Å². The van der Waals surface area contributed by atoms with Gasteiger partial charge in [0.05, 0.1) is 24.1 Å². The first-order valence-electron chi connectivity index (χ1n) is 9.92. The number of pyridine rings is 1. The molecule has 2 N–H and O–H groups in total. The van der Waals surface area contributed by atoms with Crippen LogP contribution in [0.15, 0.2) is 66.0 Å². The first-order chi connectivity index (χ1) is 15.7. The summed E-state index contributed by atoms with van der Waals surface area (Å²) >= 11 is 1.55. The fourth-order valence-corrected chi connectivity index (χ4v) is 4.28. The molecule has 5 rings (SSSR count). The van der Waals surface area contributed by atoms with E-state index in [2.05, 4.69) is 32.7 Å². The number of nitrogens with zero attached hydrogens (tertiary/aromatic N) is 4.